The van der Waals surface area contributed by atoms with Gasteiger partial charge in [0.2, 0.25) is 5.91 Å². The smallest absolute Gasteiger partial charge is 0.223 e. The van der Waals surface area contributed by atoms with Gasteiger partial charge in [0.15, 0.2) is 0 Å². The third-order valence-electron chi connectivity index (χ3n) is 3.92. The van der Waals surface area contributed by atoms with Crippen molar-refractivity contribution in [1.29, 1.82) is 0 Å². The van der Waals surface area contributed by atoms with Crippen molar-refractivity contribution in [3.63, 3.8) is 0 Å². The van der Waals surface area contributed by atoms with Gasteiger partial charge in [-0.2, -0.15) is 0 Å². The molecule has 0 spiro atoms. The number of nitrogens with one attached hydrogen (secondary N) is 1. The second-order valence-electron chi connectivity index (χ2n) is 5.71. The molecule has 1 aromatic rings. The van der Waals surface area contributed by atoms with Crippen molar-refractivity contribution in [2.24, 2.45) is 0 Å². The lowest BCUT2D eigenvalue weighted by atomic mass is 10.1. The van der Waals surface area contributed by atoms with Crippen molar-refractivity contribution < 1.29 is 4.79 Å². The second-order valence-corrected chi connectivity index (χ2v) is 5.71. The van der Waals surface area contributed by atoms with Crippen LogP contribution in [0.3, 0.4) is 0 Å². The Morgan fingerprint density at radius 3 is 2.40 bits per heavy atom. The summed E-state index contributed by atoms with van der Waals surface area (Å²) in [5, 5.41) is 3.36. The first-order valence-corrected chi connectivity index (χ1v) is 7.80. The Balaban J connectivity index is 1.64. The highest BCUT2D eigenvalue weighted by Gasteiger charge is 2.14. The van der Waals surface area contributed by atoms with Crippen LogP contribution in [0.25, 0.3) is 0 Å². The molecule has 3 nitrogen and oxygen atoms in total. The Morgan fingerprint density at radius 2 is 1.75 bits per heavy atom. The van der Waals surface area contributed by atoms with Crippen LogP contribution in [-0.4, -0.2) is 30.4 Å². The van der Waals surface area contributed by atoms with Crippen LogP contribution in [-0.2, 0) is 11.3 Å². The first kappa shape index (κ1) is 15.0. The molecular formula is C17H26N2O. The molecule has 1 aliphatic heterocycles. The van der Waals surface area contributed by atoms with Crippen molar-refractivity contribution >= 4 is 5.91 Å². The van der Waals surface area contributed by atoms with Gasteiger partial charge in [0.25, 0.3) is 0 Å². The number of carbonyl (C=O) groups excluding carboxylic acids is 1. The molecule has 0 bridgehead atoms. The Morgan fingerprint density at radius 1 is 1.10 bits per heavy atom. The SMILES string of the molecule is Cc1ccc(CNCCC(=O)N2CCCCCC2)cc1. The molecule has 0 atom stereocenters. The summed E-state index contributed by atoms with van der Waals surface area (Å²) in [6, 6.07) is 8.52. The quantitative estimate of drug-likeness (QED) is 0.837. The van der Waals surface area contributed by atoms with Gasteiger partial charge in [0.05, 0.1) is 0 Å². The number of hydrogen-bond donors (Lipinski definition) is 1. The highest BCUT2D eigenvalue weighted by Crippen LogP contribution is 2.10. The summed E-state index contributed by atoms with van der Waals surface area (Å²) in [6.07, 6.45) is 5.50. The molecular weight excluding hydrogens is 248 g/mol. The monoisotopic (exact) mass is 274 g/mol. The third kappa shape index (κ3) is 4.97. The summed E-state index contributed by atoms with van der Waals surface area (Å²) < 4.78 is 0. The molecule has 0 unspecified atom stereocenters. The van der Waals surface area contributed by atoms with E-state index in [1.54, 1.807) is 0 Å². The Kier molecular flexibility index (Phi) is 6.06. The number of hydrogen-bond acceptors (Lipinski definition) is 2. The Labute approximate surface area is 122 Å². The van der Waals surface area contributed by atoms with E-state index in [0.717, 1.165) is 26.2 Å². The van der Waals surface area contributed by atoms with E-state index in [-0.39, 0.29) is 0 Å². The number of carbonyl (C=O) groups is 1. The molecule has 0 radical (unpaired) electrons. The van der Waals surface area contributed by atoms with Crippen LogP contribution in [0.5, 0.6) is 0 Å². The minimum Gasteiger partial charge on any atom is -0.343 e. The van der Waals surface area contributed by atoms with Gasteiger partial charge in [-0.1, -0.05) is 42.7 Å². The van der Waals surface area contributed by atoms with Crippen molar-refractivity contribution in [3.05, 3.63) is 35.4 Å². The van der Waals surface area contributed by atoms with Crippen LogP contribution in [0.15, 0.2) is 24.3 Å². The molecule has 1 heterocycles. The van der Waals surface area contributed by atoms with E-state index in [9.17, 15) is 4.79 Å². The molecule has 1 saturated heterocycles. The van der Waals surface area contributed by atoms with E-state index in [4.69, 9.17) is 0 Å². The molecule has 3 heteroatoms. The lowest BCUT2D eigenvalue weighted by Gasteiger charge is -2.20. The minimum absolute atomic E-state index is 0.309. The maximum absolute atomic E-state index is 12.1. The Bertz CT molecular complexity index is 406. The van der Waals surface area contributed by atoms with E-state index < -0.39 is 0 Å². The fourth-order valence-corrected chi connectivity index (χ4v) is 2.61. The second kappa shape index (κ2) is 8.05. The average Bonchev–Trinajstić information content (AvgIpc) is 2.74. The molecule has 2 rings (SSSR count). The molecule has 1 amide bonds. The summed E-state index contributed by atoms with van der Waals surface area (Å²) in [7, 11) is 0. The molecule has 1 N–H and O–H groups in total. The first-order valence-electron chi connectivity index (χ1n) is 7.80. The first-order chi connectivity index (χ1) is 9.75. The van der Waals surface area contributed by atoms with Crippen LogP contribution >= 0.6 is 0 Å². The molecule has 0 aliphatic carbocycles. The van der Waals surface area contributed by atoms with Crippen LogP contribution < -0.4 is 5.32 Å². The molecule has 20 heavy (non-hydrogen) atoms. The van der Waals surface area contributed by atoms with Crippen molar-refractivity contribution in [3.8, 4) is 0 Å². The fourth-order valence-electron chi connectivity index (χ4n) is 2.61. The maximum Gasteiger partial charge on any atom is 0.223 e. The van der Waals surface area contributed by atoms with Gasteiger partial charge < -0.3 is 10.2 Å². The number of aryl methyl sites for hydroxylation is 1. The summed E-state index contributed by atoms with van der Waals surface area (Å²) >= 11 is 0. The normalized spacial score (nSPS) is 15.9. The summed E-state index contributed by atoms with van der Waals surface area (Å²) in [5.41, 5.74) is 2.56. The topological polar surface area (TPSA) is 32.3 Å². The van der Waals surface area contributed by atoms with Crippen molar-refractivity contribution in [2.75, 3.05) is 19.6 Å². The average molecular weight is 274 g/mol. The summed E-state index contributed by atoms with van der Waals surface area (Å²) in [6.45, 7) is 5.61. The standard InChI is InChI=1S/C17H26N2O/c1-15-6-8-16(9-7-15)14-18-11-10-17(20)19-12-4-2-3-5-13-19/h6-9,18H,2-5,10-14H2,1H3. The summed E-state index contributed by atoms with van der Waals surface area (Å²) in [4.78, 5) is 14.1. The van der Waals surface area contributed by atoms with Crippen LogP contribution in [0.1, 0.15) is 43.2 Å². The molecule has 1 fully saturated rings. The molecule has 110 valence electrons. The van der Waals surface area contributed by atoms with Crippen LogP contribution in [0.4, 0.5) is 0 Å². The molecule has 0 aromatic heterocycles. The predicted octanol–water partition coefficient (Wildman–Crippen LogP) is 2.88. The van der Waals surface area contributed by atoms with E-state index in [0.29, 0.717) is 12.3 Å². The van der Waals surface area contributed by atoms with Gasteiger partial charge in [-0.05, 0) is 25.3 Å². The van der Waals surface area contributed by atoms with Gasteiger partial charge in [0.1, 0.15) is 0 Å². The molecule has 1 aromatic carbocycles. The molecule has 1 aliphatic rings. The fraction of sp³-hybridized carbons (Fsp3) is 0.588. The maximum atomic E-state index is 12.1. The van der Waals surface area contributed by atoms with E-state index in [1.807, 2.05) is 4.90 Å². The zero-order chi connectivity index (χ0) is 14.2. The number of benzene rings is 1. The lowest BCUT2D eigenvalue weighted by Crippen LogP contribution is -2.33. The van der Waals surface area contributed by atoms with Crippen LogP contribution in [0.2, 0.25) is 0 Å². The highest BCUT2D eigenvalue weighted by atomic mass is 16.2. The third-order valence-corrected chi connectivity index (χ3v) is 3.92. The van der Waals surface area contributed by atoms with Gasteiger partial charge in [0, 0.05) is 32.6 Å². The largest absolute Gasteiger partial charge is 0.343 e. The van der Waals surface area contributed by atoms with E-state index >= 15 is 0 Å². The zero-order valence-corrected chi connectivity index (χ0v) is 12.5. The minimum atomic E-state index is 0.309. The van der Waals surface area contributed by atoms with Crippen molar-refractivity contribution in [2.45, 2.75) is 45.6 Å². The van der Waals surface area contributed by atoms with Gasteiger partial charge in [-0.15, -0.1) is 0 Å². The number of likely N-dealkylation sites (tertiary alicyclic amines) is 1. The molecule has 0 saturated carbocycles. The summed E-state index contributed by atoms with van der Waals surface area (Å²) in [5.74, 6) is 0.309. The predicted molar refractivity (Wildman–Crippen MR) is 82.6 cm³/mol. The van der Waals surface area contributed by atoms with Crippen molar-refractivity contribution in [1.82, 2.24) is 10.2 Å². The number of rotatable bonds is 5. The lowest BCUT2D eigenvalue weighted by molar-refractivity contribution is -0.131. The Hall–Kier alpha value is -1.35. The number of nitrogens with zero attached hydrogens (tertiary/aromatic N) is 1. The van der Waals surface area contributed by atoms with E-state index in [1.165, 1.54) is 36.8 Å². The van der Waals surface area contributed by atoms with Crippen LogP contribution in [0, 0.1) is 6.92 Å². The van der Waals surface area contributed by atoms with E-state index in [2.05, 4.69) is 36.5 Å². The number of amides is 1. The highest BCUT2D eigenvalue weighted by molar-refractivity contribution is 5.76. The van der Waals surface area contributed by atoms with Gasteiger partial charge in [-0.25, -0.2) is 0 Å². The zero-order valence-electron chi connectivity index (χ0n) is 12.5. The van der Waals surface area contributed by atoms with Gasteiger partial charge >= 0.3 is 0 Å². The van der Waals surface area contributed by atoms with Gasteiger partial charge in [-0.3, -0.25) is 4.79 Å².